The molecule has 0 saturated heterocycles. The number of nitrogens with one attached hydrogen (secondary N) is 1. The van der Waals surface area contributed by atoms with Crippen LogP contribution in [0.4, 0.5) is 10.8 Å². The Labute approximate surface area is 131 Å². The van der Waals surface area contributed by atoms with Gasteiger partial charge in [-0.15, -0.1) is 11.3 Å². The molecule has 7 nitrogen and oxygen atoms in total. The van der Waals surface area contributed by atoms with Crippen LogP contribution >= 0.6 is 11.3 Å². The molecule has 3 N–H and O–H groups in total. The highest BCUT2D eigenvalue weighted by atomic mass is 32.2. The summed E-state index contributed by atoms with van der Waals surface area (Å²) in [6.45, 7) is 1.90. The van der Waals surface area contributed by atoms with Crippen LogP contribution in [0.25, 0.3) is 5.82 Å². The Morgan fingerprint density at radius 1 is 1.27 bits per heavy atom. The van der Waals surface area contributed by atoms with Crippen molar-refractivity contribution in [3.05, 3.63) is 47.9 Å². The summed E-state index contributed by atoms with van der Waals surface area (Å²) in [7, 11) is -3.67. The van der Waals surface area contributed by atoms with E-state index in [9.17, 15) is 8.42 Å². The number of sulfonamides is 1. The molecule has 22 heavy (non-hydrogen) atoms. The van der Waals surface area contributed by atoms with Gasteiger partial charge in [-0.1, -0.05) is 0 Å². The summed E-state index contributed by atoms with van der Waals surface area (Å²) in [4.78, 5) is 8.70. The summed E-state index contributed by atoms with van der Waals surface area (Å²) in [5.74, 6) is 1.64. The summed E-state index contributed by atoms with van der Waals surface area (Å²) >= 11 is 1.45. The van der Waals surface area contributed by atoms with Crippen molar-refractivity contribution in [3.8, 4) is 5.82 Å². The normalized spacial score (nSPS) is 11.5. The Hall–Kier alpha value is -2.23. The number of primary sulfonamides is 1. The van der Waals surface area contributed by atoms with E-state index >= 15 is 0 Å². The topological polar surface area (TPSA) is 103 Å². The van der Waals surface area contributed by atoms with Crippen LogP contribution in [0, 0.1) is 6.92 Å². The minimum Gasteiger partial charge on any atom is -0.331 e. The smallest absolute Gasteiger partial charge is 0.238 e. The van der Waals surface area contributed by atoms with E-state index in [1.165, 1.54) is 23.5 Å². The van der Waals surface area contributed by atoms with E-state index in [-0.39, 0.29) is 4.90 Å². The number of anilines is 2. The van der Waals surface area contributed by atoms with Gasteiger partial charge in [0.25, 0.3) is 0 Å². The molecule has 0 saturated carbocycles. The SMILES string of the molecule is Cc1nccn1-c1csc(Nc2ccc(S(N)(=O)=O)cc2)n1. The Kier molecular flexibility index (Phi) is 3.69. The molecule has 9 heteroatoms. The van der Waals surface area contributed by atoms with E-state index in [1.54, 1.807) is 18.3 Å². The molecule has 2 aromatic heterocycles. The molecule has 0 bridgehead atoms. The van der Waals surface area contributed by atoms with E-state index in [0.29, 0.717) is 5.13 Å². The molecular formula is C13H13N5O2S2. The minimum absolute atomic E-state index is 0.0759. The molecule has 0 aliphatic rings. The zero-order chi connectivity index (χ0) is 15.7. The van der Waals surface area contributed by atoms with Crippen molar-refractivity contribution in [2.24, 2.45) is 5.14 Å². The van der Waals surface area contributed by atoms with Gasteiger partial charge in [-0.2, -0.15) is 0 Å². The standard InChI is InChI=1S/C13H13N5O2S2/c1-9-15-6-7-18(9)12-8-21-13(17-12)16-10-2-4-11(5-3-10)22(14,19)20/h2-8H,1H3,(H,16,17)(H2,14,19,20). The first-order valence-corrected chi connectivity index (χ1v) is 8.72. The molecule has 0 amide bonds. The lowest BCUT2D eigenvalue weighted by atomic mass is 10.3. The quantitative estimate of drug-likeness (QED) is 0.759. The highest BCUT2D eigenvalue weighted by Crippen LogP contribution is 2.24. The number of hydrogen-bond donors (Lipinski definition) is 2. The number of nitrogens with zero attached hydrogens (tertiary/aromatic N) is 3. The maximum atomic E-state index is 11.2. The summed E-state index contributed by atoms with van der Waals surface area (Å²) in [6, 6.07) is 6.19. The second kappa shape index (κ2) is 5.52. The fraction of sp³-hybridized carbons (Fsp3) is 0.0769. The fourth-order valence-corrected chi connectivity index (χ4v) is 3.13. The second-order valence-electron chi connectivity index (χ2n) is 4.55. The highest BCUT2D eigenvalue weighted by Gasteiger charge is 2.09. The first kappa shape index (κ1) is 14.7. The van der Waals surface area contributed by atoms with Gasteiger partial charge in [-0.05, 0) is 31.2 Å². The molecule has 1 aromatic carbocycles. The van der Waals surface area contributed by atoms with Crippen molar-refractivity contribution in [2.75, 3.05) is 5.32 Å². The third kappa shape index (κ3) is 3.01. The maximum Gasteiger partial charge on any atom is 0.238 e. The number of nitrogens with two attached hydrogens (primary N) is 1. The Morgan fingerprint density at radius 2 is 2.00 bits per heavy atom. The molecule has 0 fully saturated rings. The van der Waals surface area contributed by atoms with Gasteiger partial charge in [0.15, 0.2) is 10.9 Å². The largest absolute Gasteiger partial charge is 0.331 e. The van der Waals surface area contributed by atoms with Crippen molar-refractivity contribution in [1.82, 2.24) is 14.5 Å². The molecule has 0 aliphatic carbocycles. The summed E-state index contributed by atoms with van der Waals surface area (Å²) in [5.41, 5.74) is 0.732. The first-order valence-electron chi connectivity index (χ1n) is 6.29. The number of aromatic nitrogens is 3. The minimum atomic E-state index is -3.67. The predicted molar refractivity (Wildman–Crippen MR) is 85.1 cm³/mol. The lowest BCUT2D eigenvalue weighted by Gasteiger charge is -2.04. The molecule has 0 aliphatic heterocycles. The van der Waals surface area contributed by atoms with Crippen molar-refractivity contribution >= 4 is 32.2 Å². The lowest BCUT2D eigenvalue weighted by Crippen LogP contribution is -2.11. The molecule has 3 aromatic rings. The van der Waals surface area contributed by atoms with E-state index in [1.807, 2.05) is 23.1 Å². The van der Waals surface area contributed by atoms with Crippen LogP contribution in [0.15, 0.2) is 46.9 Å². The molecule has 114 valence electrons. The molecule has 0 unspecified atom stereocenters. The van der Waals surface area contributed by atoms with Crippen LogP contribution in [0.1, 0.15) is 5.82 Å². The van der Waals surface area contributed by atoms with Crippen LogP contribution in [0.3, 0.4) is 0 Å². The number of imidazole rings is 1. The summed E-state index contributed by atoms with van der Waals surface area (Å²) in [5, 5.41) is 10.8. The number of benzene rings is 1. The van der Waals surface area contributed by atoms with Gasteiger partial charge < -0.3 is 5.32 Å². The third-order valence-electron chi connectivity index (χ3n) is 3.00. The number of aryl methyl sites for hydroxylation is 1. The van der Waals surface area contributed by atoms with E-state index in [4.69, 9.17) is 5.14 Å². The van der Waals surface area contributed by atoms with Crippen LogP contribution in [-0.2, 0) is 10.0 Å². The molecule has 0 spiro atoms. The fourth-order valence-electron chi connectivity index (χ4n) is 1.90. The van der Waals surface area contributed by atoms with Gasteiger partial charge in [-0.3, -0.25) is 4.57 Å². The maximum absolute atomic E-state index is 11.2. The van der Waals surface area contributed by atoms with Crippen molar-refractivity contribution < 1.29 is 8.42 Å². The Bertz CT molecular complexity index is 897. The van der Waals surface area contributed by atoms with Gasteiger partial charge in [0.05, 0.1) is 4.90 Å². The Morgan fingerprint density at radius 3 is 2.59 bits per heavy atom. The molecule has 0 radical (unpaired) electrons. The number of thiazole rings is 1. The Balaban J connectivity index is 1.80. The van der Waals surface area contributed by atoms with Gasteiger partial charge in [0.1, 0.15) is 5.82 Å². The van der Waals surface area contributed by atoms with Gasteiger partial charge in [0, 0.05) is 23.5 Å². The second-order valence-corrected chi connectivity index (χ2v) is 6.97. The molecular weight excluding hydrogens is 322 g/mol. The monoisotopic (exact) mass is 335 g/mol. The van der Waals surface area contributed by atoms with Gasteiger partial charge in [0.2, 0.25) is 10.0 Å². The molecule has 0 atom stereocenters. The van der Waals surface area contributed by atoms with Crippen LogP contribution in [0.5, 0.6) is 0 Å². The average Bonchev–Trinajstić information content (AvgIpc) is 3.07. The molecule has 2 heterocycles. The first-order chi connectivity index (χ1) is 10.4. The summed E-state index contributed by atoms with van der Waals surface area (Å²) in [6.07, 6.45) is 3.56. The van der Waals surface area contributed by atoms with E-state index < -0.39 is 10.0 Å². The van der Waals surface area contributed by atoms with Crippen molar-refractivity contribution in [3.63, 3.8) is 0 Å². The number of rotatable bonds is 4. The van der Waals surface area contributed by atoms with Crippen LogP contribution < -0.4 is 10.5 Å². The zero-order valence-corrected chi connectivity index (χ0v) is 13.2. The lowest BCUT2D eigenvalue weighted by molar-refractivity contribution is 0.598. The van der Waals surface area contributed by atoms with Crippen molar-refractivity contribution in [1.29, 1.82) is 0 Å². The molecule has 3 rings (SSSR count). The summed E-state index contributed by atoms with van der Waals surface area (Å²) < 4.78 is 24.3. The highest BCUT2D eigenvalue weighted by molar-refractivity contribution is 7.89. The predicted octanol–water partition coefficient (Wildman–Crippen LogP) is 2.03. The van der Waals surface area contributed by atoms with Gasteiger partial charge >= 0.3 is 0 Å². The number of hydrogen-bond acceptors (Lipinski definition) is 6. The van der Waals surface area contributed by atoms with E-state index in [0.717, 1.165) is 17.3 Å². The van der Waals surface area contributed by atoms with Crippen LogP contribution in [-0.4, -0.2) is 23.0 Å². The van der Waals surface area contributed by atoms with Crippen molar-refractivity contribution in [2.45, 2.75) is 11.8 Å². The average molecular weight is 335 g/mol. The zero-order valence-electron chi connectivity index (χ0n) is 11.6. The third-order valence-corrected chi connectivity index (χ3v) is 4.67. The van der Waals surface area contributed by atoms with Crippen LogP contribution in [0.2, 0.25) is 0 Å². The van der Waals surface area contributed by atoms with Gasteiger partial charge in [-0.25, -0.2) is 23.5 Å². The van der Waals surface area contributed by atoms with E-state index in [2.05, 4.69) is 15.3 Å².